The summed E-state index contributed by atoms with van der Waals surface area (Å²) in [5.41, 5.74) is 2.50. The van der Waals surface area contributed by atoms with Gasteiger partial charge in [-0.25, -0.2) is 4.68 Å². The molecule has 0 saturated heterocycles. The molecule has 0 fully saturated rings. The van der Waals surface area contributed by atoms with E-state index in [2.05, 4.69) is 15.5 Å². The molecule has 2 aromatic heterocycles. The lowest BCUT2D eigenvalue weighted by atomic mass is 10.3. The zero-order valence-electron chi connectivity index (χ0n) is 15.4. The number of rotatable bonds is 7. The number of halogens is 1. The molecule has 1 aromatic carbocycles. The molecule has 1 N–H and O–H groups in total. The van der Waals surface area contributed by atoms with Crippen LogP contribution in [0.25, 0.3) is 5.69 Å². The van der Waals surface area contributed by atoms with Gasteiger partial charge in [0.05, 0.1) is 23.4 Å². The van der Waals surface area contributed by atoms with Crippen LogP contribution in [-0.2, 0) is 17.9 Å². The third-order valence-corrected chi connectivity index (χ3v) is 4.55. The number of nitro groups is 1. The Morgan fingerprint density at radius 3 is 2.64 bits per heavy atom. The monoisotopic (exact) mass is 402 g/mol. The maximum Gasteiger partial charge on any atom is 0.312 e. The van der Waals surface area contributed by atoms with Gasteiger partial charge in [0.15, 0.2) is 0 Å². The first-order valence-electron chi connectivity index (χ1n) is 8.59. The lowest BCUT2D eigenvalue weighted by Crippen LogP contribution is -2.24. The van der Waals surface area contributed by atoms with Crippen LogP contribution in [0.2, 0.25) is 5.02 Å². The molecule has 0 aliphatic carbocycles. The molecule has 0 atom stereocenters. The summed E-state index contributed by atoms with van der Waals surface area (Å²) in [6.07, 6.45) is 3.68. The normalized spacial score (nSPS) is 10.8. The van der Waals surface area contributed by atoms with Crippen molar-refractivity contribution in [3.63, 3.8) is 0 Å². The maximum absolute atomic E-state index is 12.1. The summed E-state index contributed by atoms with van der Waals surface area (Å²) in [5.74, 6) is -0.172. The summed E-state index contributed by atoms with van der Waals surface area (Å²) in [6, 6.07) is 7.27. The number of benzene rings is 1. The second-order valence-corrected chi connectivity index (χ2v) is 6.73. The molecule has 9 nitrogen and oxygen atoms in total. The van der Waals surface area contributed by atoms with Crippen LogP contribution in [0, 0.1) is 24.0 Å². The first-order valence-corrected chi connectivity index (χ1v) is 8.97. The largest absolute Gasteiger partial charge is 0.352 e. The van der Waals surface area contributed by atoms with E-state index in [0.29, 0.717) is 23.0 Å². The number of hydrogen-bond donors (Lipinski definition) is 1. The van der Waals surface area contributed by atoms with Crippen molar-refractivity contribution in [1.29, 1.82) is 0 Å². The summed E-state index contributed by atoms with van der Waals surface area (Å²) in [7, 11) is 0. The number of carbonyl (C=O) groups is 1. The van der Waals surface area contributed by atoms with Gasteiger partial charge in [-0.1, -0.05) is 11.6 Å². The van der Waals surface area contributed by atoms with Crippen molar-refractivity contribution in [2.45, 2.75) is 33.4 Å². The van der Waals surface area contributed by atoms with E-state index < -0.39 is 4.92 Å². The molecule has 0 aliphatic heterocycles. The highest BCUT2D eigenvalue weighted by Gasteiger charge is 2.21. The van der Waals surface area contributed by atoms with Crippen molar-refractivity contribution in [2.75, 3.05) is 0 Å². The van der Waals surface area contributed by atoms with Gasteiger partial charge in [-0.05, 0) is 38.1 Å². The molecule has 2 heterocycles. The number of aryl methyl sites for hydroxylation is 2. The van der Waals surface area contributed by atoms with Gasteiger partial charge in [-0.2, -0.15) is 10.2 Å². The topological polar surface area (TPSA) is 108 Å². The van der Waals surface area contributed by atoms with Gasteiger partial charge >= 0.3 is 5.69 Å². The number of hydrogen-bond acceptors (Lipinski definition) is 5. The number of nitrogens with zero attached hydrogens (tertiary/aromatic N) is 5. The minimum Gasteiger partial charge on any atom is -0.352 e. The molecule has 28 heavy (non-hydrogen) atoms. The van der Waals surface area contributed by atoms with E-state index in [1.165, 1.54) is 4.68 Å². The summed E-state index contributed by atoms with van der Waals surface area (Å²) in [6.45, 7) is 3.82. The van der Waals surface area contributed by atoms with Crippen molar-refractivity contribution < 1.29 is 9.72 Å². The second kappa shape index (κ2) is 8.22. The third-order valence-electron chi connectivity index (χ3n) is 4.29. The van der Waals surface area contributed by atoms with Gasteiger partial charge < -0.3 is 5.32 Å². The van der Waals surface area contributed by atoms with Crippen LogP contribution < -0.4 is 5.32 Å². The third kappa shape index (κ3) is 4.37. The van der Waals surface area contributed by atoms with Crippen molar-refractivity contribution in [1.82, 2.24) is 24.9 Å². The lowest BCUT2D eigenvalue weighted by Gasteiger charge is -2.05. The molecule has 0 saturated carbocycles. The molecule has 146 valence electrons. The Balaban J connectivity index is 1.53. The molecule has 0 spiro atoms. The predicted molar refractivity (Wildman–Crippen MR) is 103 cm³/mol. The number of aromatic nitrogens is 4. The minimum absolute atomic E-state index is 0.00461. The molecule has 1 amide bonds. The average Bonchev–Trinajstić information content (AvgIpc) is 3.23. The summed E-state index contributed by atoms with van der Waals surface area (Å²) < 4.78 is 3.19. The van der Waals surface area contributed by atoms with E-state index in [1.807, 2.05) is 18.3 Å². The van der Waals surface area contributed by atoms with Crippen molar-refractivity contribution in [3.05, 3.63) is 68.7 Å². The molecule has 3 rings (SSSR count). The van der Waals surface area contributed by atoms with E-state index in [4.69, 9.17) is 11.6 Å². The lowest BCUT2D eigenvalue weighted by molar-refractivity contribution is -0.386. The van der Waals surface area contributed by atoms with Crippen LogP contribution in [0.4, 0.5) is 5.69 Å². The maximum atomic E-state index is 12.1. The van der Waals surface area contributed by atoms with Gasteiger partial charge in [0.25, 0.3) is 0 Å². The average molecular weight is 403 g/mol. The van der Waals surface area contributed by atoms with Crippen molar-refractivity contribution in [2.24, 2.45) is 0 Å². The van der Waals surface area contributed by atoms with Crippen molar-refractivity contribution >= 4 is 23.2 Å². The molecule has 0 aliphatic rings. The SMILES string of the molecule is Cc1nn(CCC(=O)NCc2cnn(-c3ccc(Cl)cc3)c2)c(C)c1[N+](=O)[O-]. The van der Waals surface area contributed by atoms with E-state index in [-0.39, 0.29) is 24.6 Å². The predicted octanol–water partition coefficient (Wildman–Crippen LogP) is 2.95. The number of amides is 1. The van der Waals surface area contributed by atoms with E-state index in [1.54, 1.807) is 36.9 Å². The number of nitrogens with one attached hydrogen (secondary N) is 1. The van der Waals surface area contributed by atoms with Crippen LogP contribution in [-0.4, -0.2) is 30.4 Å². The minimum atomic E-state index is -0.452. The Labute approximate surface area is 166 Å². The zero-order chi connectivity index (χ0) is 20.3. The van der Waals surface area contributed by atoms with Crippen LogP contribution >= 0.6 is 11.6 Å². The van der Waals surface area contributed by atoms with Gasteiger partial charge in [-0.3, -0.25) is 19.6 Å². The van der Waals surface area contributed by atoms with Crippen LogP contribution in [0.1, 0.15) is 23.4 Å². The Bertz CT molecular complexity index is 1010. The van der Waals surface area contributed by atoms with Crippen LogP contribution in [0.5, 0.6) is 0 Å². The molecule has 10 heteroatoms. The molecule has 3 aromatic rings. The molecular weight excluding hydrogens is 384 g/mol. The van der Waals surface area contributed by atoms with Crippen LogP contribution in [0.15, 0.2) is 36.7 Å². The Hall–Kier alpha value is -3.20. The van der Waals surface area contributed by atoms with Crippen LogP contribution in [0.3, 0.4) is 0 Å². The molecular formula is C18H19ClN6O3. The standard InChI is InChI=1S/C18H19ClN6O3/c1-12-18(25(27)28)13(2)23(22-12)8-7-17(26)20-9-14-10-21-24(11-14)16-5-3-15(19)4-6-16/h3-6,10-11H,7-9H2,1-2H3,(H,20,26). The molecule has 0 bridgehead atoms. The quantitative estimate of drug-likeness (QED) is 0.482. The van der Waals surface area contributed by atoms with Crippen molar-refractivity contribution in [3.8, 4) is 5.69 Å². The molecule has 0 unspecified atom stereocenters. The summed E-state index contributed by atoms with van der Waals surface area (Å²) >= 11 is 5.88. The van der Waals surface area contributed by atoms with E-state index in [9.17, 15) is 14.9 Å². The smallest absolute Gasteiger partial charge is 0.312 e. The highest BCUT2D eigenvalue weighted by atomic mass is 35.5. The van der Waals surface area contributed by atoms with E-state index in [0.717, 1.165) is 11.3 Å². The van der Waals surface area contributed by atoms with Gasteiger partial charge in [0.1, 0.15) is 11.4 Å². The van der Waals surface area contributed by atoms with E-state index >= 15 is 0 Å². The Morgan fingerprint density at radius 1 is 1.29 bits per heavy atom. The van der Waals surface area contributed by atoms with Gasteiger partial charge in [0.2, 0.25) is 5.91 Å². The highest BCUT2D eigenvalue weighted by Crippen LogP contribution is 2.21. The summed E-state index contributed by atoms with van der Waals surface area (Å²) in [4.78, 5) is 22.7. The molecule has 0 radical (unpaired) electrons. The highest BCUT2D eigenvalue weighted by molar-refractivity contribution is 6.30. The van der Waals surface area contributed by atoms with Gasteiger partial charge in [0, 0.05) is 29.7 Å². The second-order valence-electron chi connectivity index (χ2n) is 6.30. The Morgan fingerprint density at radius 2 is 2.00 bits per heavy atom. The first kappa shape index (κ1) is 19.6. The summed E-state index contributed by atoms with van der Waals surface area (Å²) in [5, 5.41) is 22.9. The fourth-order valence-electron chi connectivity index (χ4n) is 2.85. The fourth-order valence-corrected chi connectivity index (χ4v) is 2.98. The van der Waals surface area contributed by atoms with Gasteiger partial charge in [-0.15, -0.1) is 0 Å². The first-order chi connectivity index (χ1) is 13.3. The Kier molecular flexibility index (Phi) is 5.74. The fraction of sp³-hybridized carbons (Fsp3) is 0.278. The zero-order valence-corrected chi connectivity index (χ0v) is 16.2. The number of carbonyl (C=O) groups excluding carboxylic acids is 1.